The Hall–Kier alpha value is -1.20. The number of rotatable bonds is 4. The molecule has 1 heterocycles. The van der Waals surface area contributed by atoms with Crippen molar-refractivity contribution in [2.75, 3.05) is 13.1 Å². The highest BCUT2D eigenvalue weighted by Gasteiger charge is 2.35. The van der Waals surface area contributed by atoms with Crippen LogP contribution in [0.15, 0.2) is 22.7 Å². The van der Waals surface area contributed by atoms with Crippen LogP contribution in [0.3, 0.4) is 0 Å². The molecule has 3 rings (SSSR count). The number of nitrogens with zero attached hydrogens (tertiary/aromatic N) is 1. The van der Waals surface area contributed by atoms with E-state index in [9.17, 15) is 9.59 Å². The van der Waals surface area contributed by atoms with Gasteiger partial charge in [-0.05, 0) is 31.0 Å². The molecule has 1 aliphatic heterocycles. The van der Waals surface area contributed by atoms with Gasteiger partial charge in [-0.25, -0.2) is 0 Å². The summed E-state index contributed by atoms with van der Waals surface area (Å²) in [6.45, 7) is 1.12. The number of hydrogen-bond donors (Lipinski definition) is 1. The Morgan fingerprint density at radius 2 is 1.81 bits per heavy atom. The molecule has 0 spiro atoms. The first kappa shape index (κ1) is 14.7. The molecule has 21 heavy (non-hydrogen) atoms. The number of carbonyl (C=O) groups is 2. The molecule has 1 aromatic rings. The van der Waals surface area contributed by atoms with Crippen molar-refractivity contribution in [1.82, 2.24) is 10.2 Å². The minimum Gasteiger partial charge on any atom is -0.312 e. The largest absolute Gasteiger partial charge is 0.312 e. The normalized spacial score (nSPS) is 19.2. The lowest BCUT2D eigenvalue weighted by molar-refractivity contribution is 0.0653. The smallest absolute Gasteiger partial charge is 0.261 e. The maximum Gasteiger partial charge on any atom is 0.261 e. The molecule has 0 bridgehead atoms. The van der Waals surface area contributed by atoms with Crippen molar-refractivity contribution in [2.45, 2.75) is 38.1 Å². The summed E-state index contributed by atoms with van der Waals surface area (Å²) in [5.74, 6) is -0.352. The maximum absolute atomic E-state index is 12.3. The van der Waals surface area contributed by atoms with Crippen molar-refractivity contribution in [3.63, 3.8) is 0 Å². The van der Waals surface area contributed by atoms with E-state index >= 15 is 0 Å². The van der Waals surface area contributed by atoms with Gasteiger partial charge in [-0.1, -0.05) is 35.2 Å². The minimum atomic E-state index is -0.179. The zero-order valence-electron chi connectivity index (χ0n) is 11.9. The molecular weight excluding hydrogens is 332 g/mol. The first-order valence-electron chi connectivity index (χ1n) is 7.56. The highest BCUT2D eigenvalue weighted by atomic mass is 79.9. The number of benzene rings is 1. The van der Waals surface area contributed by atoms with E-state index in [1.54, 1.807) is 18.2 Å². The number of fused-ring (bicyclic) bond motifs is 1. The van der Waals surface area contributed by atoms with Gasteiger partial charge in [0.25, 0.3) is 11.8 Å². The molecule has 0 atom stereocenters. The van der Waals surface area contributed by atoms with Crippen molar-refractivity contribution in [3.8, 4) is 0 Å². The van der Waals surface area contributed by atoms with Gasteiger partial charge in [0, 0.05) is 23.6 Å². The standard InChI is InChI=1S/C16H19BrN2O2/c17-11-6-7-13-14(10-11)16(21)19(15(13)20)9-8-18-12-4-2-1-3-5-12/h6-7,10,12,18H,1-5,8-9H2. The number of hydrogen-bond acceptors (Lipinski definition) is 3. The van der Waals surface area contributed by atoms with Crippen LogP contribution < -0.4 is 5.32 Å². The van der Waals surface area contributed by atoms with Crippen LogP contribution in [0.2, 0.25) is 0 Å². The monoisotopic (exact) mass is 350 g/mol. The van der Waals surface area contributed by atoms with Gasteiger partial charge < -0.3 is 5.32 Å². The van der Waals surface area contributed by atoms with Crippen LogP contribution in [-0.4, -0.2) is 35.8 Å². The van der Waals surface area contributed by atoms with Crippen LogP contribution in [0, 0.1) is 0 Å². The van der Waals surface area contributed by atoms with Crippen molar-refractivity contribution in [3.05, 3.63) is 33.8 Å². The van der Waals surface area contributed by atoms with Crippen LogP contribution in [0.4, 0.5) is 0 Å². The molecule has 5 heteroatoms. The summed E-state index contributed by atoms with van der Waals surface area (Å²) in [6.07, 6.45) is 6.28. The Labute approximate surface area is 133 Å². The van der Waals surface area contributed by atoms with Gasteiger partial charge in [-0.15, -0.1) is 0 Å². The summed E-state index contributed by atoms with van der Waals surface area (Å²) in [5, 5.41) is 3.47. The van der Waals surface area contributed by atoms with E-state index in [0.717, 1.165) is 4.47 Å². The fraction of sp³-hybridized carbons (Fsp3) is 0.500. The molecule has 1 fully saturated rings. The second-order valence-electron chi connectivity index (χ2n) is 5.74. The average molecular weight is 351 g/mol. The Morgan fingerprint density at radius 3 is 2.57 bits per heavy atom. The average Bonchev–Trinajstić information content (AvgIpc) is 2.73. The van der Waals surface area contributed by atoms with E-state index in [2.05, 4.69) is 21.2 Å². The van der Waals surface area contributed by atoms with Crippen LogP contribution in [-0.2, 0) is 0 Å². The molecule has 0 aromatic heterocycles. The van der Waals surface area contributed by atoms with E-state index < -0.39 is 0 Å². The summed E-state index contributed by atoms with van der Waals surface area (Å²) >= 11 is 3.34. The van der Waals surface area contributed by atoms with Gasteiger partial charge in [-0.2, -0.15) is 0 Å². The molecular formula is C16H19BrN2O2. The quantitative estimate of drug-likeness (QED) is 0.849. The third-order valence-corrected chi connectivity index (χ3v) is 4.80. The van der Waals surface area contributed by atoms with Gasteiger partial charge in [0.1, 0.15) is 0 Å². The van der Waals surface area contributed by atoms with Crippen molar-refractivity contribution in [1.29, 1.82) is 0 Å². The molecule has 1 aromatic carbocycles. The Balaban J connectivity index is 1.59. The molecule has 2 aliphatic rings. The zero-order chi connectivity index (χ0) is 14.8. The van der Waals surface area contributed by atoms with E-state index in [1.807, 2.05) is 0 Å². The molecule has 1 saturated carbocycles. The molecule has 0 saturated heterocycles. The summed E-state index contributed by atoms with van der Waals surface area (Å²) in [5.41, 5.74) is 1.02. The molecule has 1 N–H and O–H groups in total. The lowest BCUT2D eigenvalue weighted by Gasteiger charge is -2.24. The van der Waals surface area contributed by atoms with Crippen molar-refractivity contribution >= 4 is 27.7 Å². The topological polar surface area (TPSA) is 49.4 Å². The maximum atomic E-state index is 12.3. The first-order chi connectivity index (χ1) is 10.2. The third kappa shape index (κ3) is 3.04. The summed E-state index contributed by atoms with van der Waals surface area (Å²) in [7, 11) is 0. The fourth-order valence-electron chi connectivity index (χ4n) is 3.15. The van der Waals surface area contributed by atoms with E-state index in [4.69, 9.17) is 0 Å². The summed E-state index contributed by atoms with van der Waals surface area (Å²) in [4.78, 5) is 25.9. The van der Waals surface area contributed by atoms with Crippen LogP contribution in [0.25, 0.3) is 0 Å². The van der Waals surface area contributed by atoms with Crippen molar-refractivity contribution < 1.29 is 9.59 Å². The molecule has 2 amide bonds. The van der Waals surface area contributed by atoms with Gasteiger partial charge in [0.05, 0.1) is 11.1 Å². The molecule has 1 aliphatic carbocycles. The zero-order valence-corrected chi connectivity index (χ0v) is 13.5. The Morgan fingerprint density at radius 1 is 1.10 bits per heavy atom. The number of halogens is 1. The van der Waals surface area contributed by atoms with Crippen LogP contribution in [0.1, 0.15) is 52.8 Å². The summed E-state index contributed by atoms with van der Waals surface area (Å²) in [6, 6.07) is 5.79. The van der Waals surface area contributed by atoms with Crippen LogP contribution in [0.5, 0.6) is 0 Å². The Kier molecular flexibility index (Phi) is 4.40. The number of carbonyl (C=O) groups excluding carboxylic acids is 2. The predicted molar refractivity (Wildman–Crippen MR) is 84.4 cm³/mol. The Bertz CT molecular complexity index is 567. The highest BCUT2D eigenvalue weighted by Crippen LogP contribution is 2.25. The fourth-order valence-corrected chi connectivity index (χ4v) is 3.51. The highest BCUT2D eigenvalue weighted by molar-refractivity contribution is 9.10. The lowest BCUT2D eigenvalue weighted by atomic mass is 9.95. The first-order valence-corrected chi connectivity index (χ1v) is 8.35. The van der Waals surface area contributed by atoms with Crippen molar-refractivity contribution in [2.24, 2.45) is 0 Å². The van der Waals surface area contributed by atoms with Gasteiger partial charge in [-0.3, -0.25) is 14.5 Å². The van der Waals surface area contributed by atoms with Gasteiger partial charge >= 0.3 is 0 Å². The number of imide groups is 1. The SMILES string of the molecule is O=C1c2ccc(Br)cc2C(=O)N1CCNC1CCCCC1. The van der Waals surface area contributed by atoms with Gasteiger partial charge in [0.2, 0.25) is 0 Å². The molecule has 112 valence electrons. The lowest BCUT2D eigenvalue weighted by Crippen LogP contribution is -2.40. The van der Waals surface area contributed by atoms with Crippen LogP contribution >= 0.6 is 15.9 Å². The second kappa shape index (κ2) is 6.28. The minimum absolute atomic E-state index is 0.173. The third-order valence-electron chi connectivity index (χ3n) is 4.31. The predicted octanol–water partition coefficient (Wildman–Crippen LogP) is 2.97. The number of amides is 2. The van der Waals surface area contributed by atoms with Gasteiger partial charge in [0.15, 0.2) is 0 Å². The van der Waals surface area contributed by atoms with E-state index in [-0.39, 0.29) is 11.8 Å². The summed E-state index contributed by atoms with van der Waals surface area (Å²) < 4.78 is 0.824. The molecule has 4 nitrogen and oxygen atoms in total. The van der Waals surface area contributed by atoms with E-state index in [1.165, 1.54) is 37.0 Å². The number of nitrogens with one attached hydrogen (secondary N) is 1. The molecule has 0 radical (unpaired) electrons. The second-order valence-corrected chi connectivity index (χ2v) is 6.66. The molecule has 0 unspecified atom stereocenters. The van der Waals surface area contributed by atoms with E-state index in [0.29, 0.717) is 30.3 Å².